The zero-order chi connectivity index (χ0) is 22.9. The quantitative estimate of drug-likeness (QED) is 0.547. The Kier molecular flexibility index (Phi) is 6.32. The predicted molar refractivity (Wildman–Crippen MR) is 120 cm³/mol. The molecule has 1 aliphatic rings. The summed E-state index contributed by atoms with van der Waals surface area (Å²) in [5, 5.41) is -0.0449. The second-order valence-corrected chi connectivity index (χ2v) is 9.91. The summed E-state index contributed by atoms with van der Waals surface area (Å²) in [7, 11) is -3.58. The largest absolute Gasteiger partial charge is 0.439 e. The Morgan fingerprint density at radius 2 is 1.84 bits per heavy atom. The van der Waals surface area contributed by atoms with Crippen LogP contribution in [0.25, 0.3) is 0 Å². The SMILES string of the molecule is Cc1ccc(S(=O)(=O)N2CCN(c3cc(Oc4ccc(F)c(Cl)c4)ncn3)C[C@@H]2C)cc1. The first-order valence-corrected chi connectivity index (χ1v) is 11.8. The van der Waals surface area contributed by atoms with Gasteiger partial charge >= 0.3 is 0 Å². The molecule has 0 spiro atoms. The molecule has 1 saturated heterocycles. The molecule has 1 aromatic heterocycles. The molecule has 1 aliphatic heterocycles. The highest BCUT2D eigenvalue weighted by Crippen LogP contribution is 2.28. The smallest absolute Gasteiger partial charge is 0.243 e. The number of aromatic nitrogens is 2. The van der Waals surface area contributed by atoms with Gasteiger partial charge < -0.3 is 9.64 Å². The van der Waals surface area contributed by atoms with E-state index in [1.165, 1.54) is 28.8 Å². The predicted octanol–water partition coefficient (Wildman–Crippen LogP) is 4.27. The molecule has 7 nitrogen and oxygen atoms in total. The lowest BCUT2D eigenvalue weighted by molar-refractivity contribution is 0.305. The Morgan fingerprint density at radius 1 is 1.09 bits per heavy atom. The first-order chi connectivity index (χ1) is 15.2. The summed E-state index contributed by atoms with van der Waals surface area (Å²) in [5.74, 6) is 0.709. The fraction of sp³-hybridized carbons (Fsp3) is 0.273. The van der Waals surface area contributed by atoms with E-state index in [9.17, 15) is 12.8 Å². The number of sulfonamides is 1. The van der Waals surface area contributed by atoms with Crippen molar-refractivity contribution < 1.29 is 17.5 Å². The average molecular weight is 477 g/mol. The molecule has 2 heterocycles. The van der Waals surface area contributed by atoms with E-state index in [4.69, 9.17) is 16.3 Å². The Hall–Kier alpha value is -2.75. The van der Waals surface area contributed by atoms with Crippen molar-refractivity contribution in [3.05, 3.63) is 71.3 Å². The van der Waals surface area contributed by atoms with Crippen LogP contribution >= 0.6 is 11.6 Å². The minimum Gasteiger partial charge on any atom is -0.439 e. The van der Waals surface area contributed by atoms with E-state index in [1.54, 1.807) is 30.3 Å². The van der Waals surface area contributed by atoms with Gasteiger partial charge in [0.25, 0.3) is 0 Å². The molecule has 0 N–H and O–H groups in total. The Bertz CT molecular complexity index is 1220. The van der Waals surface area contributed by atoms with Crippen LogP contribution in [0.5, 0.6) is 11.6 Å². The van der Waals surface area contributed by atoms with Crippen molar-refractivity contribution in [1.29, 1.82) is 0 Å². The van der Waals surface area contributed by atoms with Gasteiger partial charge in [-0.05, 0) is 38.1 Å². The van der Waals surface area contributed by atoms with Crippen molar-refractivity contribution in [3.63, 3.8) is 0 Å². The van der Waals surface area contributed by atoms with E-state index in [2.05, 4.69) is 9.97 Å². The Labute approximate surface area is 191 Å². The van der Waals surface area contributed by atoms with E-state index in [0.717, 1.165) is 5.56 Å². The van der Waals surface area contributed by atoms with Crippen LogP contribution in [-0.4, -0.2) is 48.4 Å². The van der Waals surface area contributed by atoms with Gasteiger partial charge in [-0.15, -0.1) is 0 Å². The number of anilines is 1. The molecule has 2 aromatic carbocycles. The number of hydrogen-bond acceptors (Lipinski definition) is 6. The summed E-state index contributed by atoms with van der Waals surface area (Å²) < 4.78 is 46.7. The standard InChI is InChI=1S/C22H22ClFN4O3S/c1-15-3-6-18(7-4-15)32(29,30)28-10-9-27(13-16(28)2)21-12-22(26-14-25-21)31-17-5-8-20(24)19(23)11-17/h3-8,11-12,14,16H,9-10,13H2,1-2H3/t16-/m0/s1. The van der Waals surface area contributed by atoms with Crippen LogP contribution in [0.1, 0.15) is 12.5 Å². The maximum Gasteiger partial charge on any atom is 0.243 e. The van der Waals surface area contributed by atoms with Crippen molar-refractivity contribution >= 4 is 27.4 Å². The molecule has 0 aliphatic carbocycles. The summed E-state index contributed by atoms with van der Waals surface area (Å²) in [6.45, 7) is 5.04. The third-order valence-corrected chi connectivity index (χ3v) is 7.58. The maximum absolute atomic E-state index is 13.4. The van der Waals surface area contributed by atoms with Gasteiger partial charge in [-0.3, -0.25) is 0 Å². The lowest BCUT2D eigenvalue weighted by atomic mass is 10.2. The second-order valence-electron chi connectivity index (χ2n) is 7.62. The Balaban J connectivity index is 1.48. The molecular formula is C22H22ClFN4O3S. The lowest BCUT2D eigenvalue weighted by Crippen LogP contribution is -2.54. The molecule has 1 fully saturated rings. The fourth-order valence-electron chi connectivity index (χ4n) is 3.57. The normalized spacial score (nSPS) is 17.4. The first kappa shape index (κ1) is 22.4. The van der Waals surface area contributed by atoms with Crippen LogP contribution in [-0.2, 0) is 10.0 Å². The summed E-state index contributed by atoms with van der Waals surface area (Å²) in [5.41, 5.74) is 1.01. The molecule has 0 amide bonds. The number of aryl methyl sites for hydroxylation is 1. The molecule has 32 heavy (non-hydrogen) atoms. The third kappa shape index (κ3) is 4.69. The van der Waals surface area contributed by atoms with Crippen LogP contribution in [0, 0.1) is 12.7 Å². The summed E-state index contributed by atoms with van der Waals surface area (Å²) in [4.78, 5) is 10.7. The summed E-state index contributed by atoms with van der Waals surface area (Å²) >= 11 is 5.80. The zero-order valence-electron chi connectivity index (χ0n) is 17.6. The number of ether oxygens (including phenoxy) is 1. The number of piperazine rings is 1. The van der Waals surface area contributed by atoms with Crippen molar-refractivity contribution in [1.82, 2.24) is 14.3 Å². The monoisotopic (exact) mass is 476 g/mol. The zero-order valence-corrected chi connectivity index (χ0v) is 19.1. The van der Waals surface area contributed by atoms with Gasteiger partial charge in [0, 0.05) is 37.8 Å². The molecule has 0 bridgehead atoms. The van der Waals surface area contributed by atoms with Gasteiger partial charge in [0.15, 0.2) is 0 Å². The van der Waals surface area contributed by atoms with Crippen molar-refractivity contribution in [2.75, 3.05) is 24.5 Å². The molecule has 0 unspecified atom stereocenters. The number of halogens is 2. The molecule has 0 radical (unpaired) electrons. The van der Waals surface area contributed by atoms with Gasteiger partial charge in [0.1, 0.15) is 23.7 Å². The highest BCUT2D eigenvalue weighted by Gasteiger charge is 2.34. The molecule has 4 rings (SSSR count). The van der Waals surface area contributed by atoms with Crippen LogP contribution in [0.3, 0.4) is 0 Å². The average Bonchev–Trinajstić information content (AvgIpc) is 2.76. The van der Waals surface area contributed by atoms with Crippen molar-refractivity contribution in [2.45, 2.75) is 24.8 Å². The minimum atomic E-state index is -3.58. The minimum absolute atomic E-state index is 0.0449. The molecule has 1 atom stereocenters. The number of hydrogen-bond donors (Lipinski definition) is 0. The first-order valence-electron chi connectivity index (χ1n) is 10.0. The lowest BCUT2D eigenvalue weighted by Gasteiger charge is -2.39. The van der Waals surface area contributed by atoms with Crippen LogP contribution in [0.4, 0.5) is 10.2 Å². The number of benzene rings is 2. The topological polar surface area (TPSA) is 75.6 Å². The van der Waals surface area contributed by atoms with Gasteiger partial charge in [0.05, 0.1) is 9.92 Å². The molecule has 10 heteroatoms. The van der Waals surface area contributed by atoms with Crippen molar-refractivity contribution in [2.24, 2.45) is 0 Å². The summed E-state index contributed by atoms with van der Waals surface area (Å²) in [6.07, 6.45) is 1.37. The van der Waals surface area contributed by atoms with Crippen LogP contribution in [0.15, 0.2) is 59.8 Å². The van der Waals surface area contributed by atoms with Gasteiger partial charge in [-0.1, -0.05) is 29.3 Å². The second kappa shape index (κ2) is 9.01. The van der Waals surface area contributed by atoms with Crippen LogP contribution in [0.2, 0.25) is 5.02 Å². The number of nitrogens with zero attached hydrogens (tertiary/aromatic N) is 4. The molecule has 168 valence electrons. The van der Waals surface area contributed by atoms with Gasteiger partial charge in [-0.2, -0.15) is 4.31 Å². The molecule has 3 aromatic rings. The van der Waals surface area contributed by atoms with E-state index >= 15 is 0 Å². The maximum atomic E-state index is 13.4. The van der Waals surface area contributed by atoms with E-state index in [1.807, 2.05) is 18.7 Å². The highest BCUT2D eigenvalue weighted by molar-refractivity contribution is 7.89. The Morgan fingerprint density at radius 3 is 2.53 bits per heavy atom. The van der Waals surface area contributed by atoms with Gasteiger partial charge in [0.2, 0.25) is 15.9 Å². The van der Waals surface area contributed by atoms with E-state index < -0.39 is 15.8 Å². The molecular weight excluding hydrogens is 455 g/mol. The fourth-order valence-corrected chi connectivity index (χ4v) is 5.36. The van der Waals surface area contributed by atoms with Gasteiger partial charge in [-0.25, -0.2) is 22.8 Å². The van der Waals surface area contributed by atoms with Crippen molar-refractivity contribution in [3.8, 4) is 11.6 Å². The number of rotatable bonds is 5. The molecule has 0 saturated carbocycles. The third-order valence-electron chi connectivity index (χ3n) is 5.26. The summed E-state index contributed by atoms with van der Waals surface area (Å²) in [6, 6.07) is 12.3. The van der Waals surface area contributed by atoms with Crippen LogP contribution < -0.4 is 9.64 Å². The van der Waals surface area contributed by atoms with E-state index in [0.29, 0.717) is 36.1 Å². The van der Waals surface area contributed by atoms with E-state index in [-0.39, 0.29) is 16.9 Å². The highest BCUT2D eigenvalue weighted by atomic mass is 35.5.